The van der Waals surface area contributed by atoms with E-state index in [0.717, 1.165) is 18.8 Å². The molecule has 9 heteroatoms. The second-order valence-corrected chi connectivity index (χ2v) is 7.78. The smallest absolute Gasteiger partial charge is 0.269 e. The minimum atomic E-state index is -0.496. The molecule has 34 heavy (non-hydrogen) atoms. The number of hydrogen-bond acceptors (Lipinski definition) is 6. The first-order valence-corrected chi connectivity index (χ1v) is 10.9. The number of benzene rings is 3. The topological polar surface area (TPSA) is 105 Å². The number of rotatable bonds is 7. The Kier molecular flexibility index (Phi) is 7.02. The number of carbonyl (C=O) groups excluding carboxylic acids is 2. The van der Waals surface area contributed by atoms with Crippen LogP contribution in [0.3, 0.4) is 0 Å². The van der Waals surface area contributed by atoms with Crippen LogP contribution in [0.4, 0.5) is 17.1 Å². The predicted molar refractivity (Wildman–Crippen MR) is 128 cm³/mol. The molecule has 1 aliphatic heterocycles. The van der Waals surface area contributed by atoms with Crippen molar-refractivity contribution in [2.45, 2.75) is 0 Å². The molecule has 0 unspecified atom stereocenters. The Morgan fingerprint density at radius 3 is 2.15 bits per heavy atom. The molecule has 1 aliphatic rings. The first kappa shape index (κ1) is 22.8. The third-order valence-corrected chi connectivity index (χ3v) is 5.52. The van der Waals surface area contributed by atoms with Gasteiger partial charge in [-0.3, -0.25) is 19.7 Å². The zero-order valence-electron chi connectivity index (χ0n) is 18.4. The van der Waals surface area contributed by atoms with Crippen LogP contribution in [0, 0.1) is 10.1 Å². The molecule has 1 N–H and O–H groups in total. The summed E-state index contributed by atoms with van der Waals surface area (Å²) in [5.74, 6) is 0.0920. The van der Waals surface area contributed by atoms with Gasteiger partial charge in [0.1, 0.15) is 5.75 Å². The molecular formula is C25H24N4O5. The van der Waals surface area contributed by atoms with Crippen LogP contribution in [0.5, 0.6) is 5.75 Å². The molecule has 0 atom stereocenters. The van der Waals surface area contributed by atoms with Gasteiger partial charge < -0.3 is 19.9 Å². The zero-order valence-corrected chi connectivity index (χ0v) is 18.4. The van der Waals surface area contributed by atoms with Crippen LogP contribution in [-0.2, 0) is 4.79 Å². The number of ether oxygens (including phenoxy) is 1. The van der Waals surface area contributed by atoms with Gasteiger partial charge in [0.25, 0.3) is 17.5 Å². The van der Waals surface area contributed by atoms with E-state index in [2.05, 4.69) is 10.2 Å². The van der Waals surface area contributed by atoms with Gasteiger partial charge in [0.15, 0.2) is 6.61 Å². The zero-order chi connectivity index (χ0) is 23.9. The van der Waals surface area contributed by atoms with Crippen molar-refractivity contribution in [3.63, 3.8) is 0 Å². The van der Waals surface area contributed by atoms with Gasteiger partial charge >= 0.3 is 0 Å². The van der Waals surface area contributed by atoms with Gasteiger partial charge in [-0.2, -0.15) is 0 Å². The number of nitro groups is 1. The van der Waals surface area contributed by atoms with Crippen LogP contribution in [0.1, 0.15) is 10.4 Å². The Labute approximate surface area is 196 Å². The molecule has 3 aromatic rings. The van der Waals surface area contributed by atoms with Crippen molar-refractivity contribution in [1.82, 2.24) is 4.90 Å². The highest BCUT2D eigenvalue weighted by atomic mass is 16.6. The Balaban J connectivity index is 1.24. The molecule has 4 rings (SSSR count). The molecule has 1 heterocycles. The van der Waals surface area contributed by atoms with Crippen molar-refractivity contribution in [2.75, 3.05) is 43.0 Å². The van der Waals surface area contributed by atoms with Crippen molar-refractivity contribution >= 4 is 28.9 Å². The van der Waals surface area contributed by atoms with E-state index in [4.69, 9.17) is 4.74 Å². The van der Waals surface area contributed by atoms with Crippen molar-refractivity contribution in [3.05, 3.63) is 94.5 Å². The van der Waals surface area contributed by atoms with Crippen molar-refractivity contribution in [1.29, 1.82) is 0 Å². The maximum Gasteiger partial charge on any atom is 0.269 e. The summed E-state index contributed by atoms with van der Waals surface area (Å²) in [5.41, 5.74) is 2.32. The highest BCUT2D eigenvalue weighted by molar-refractivity contribution is 5.94. The van der Waals surface area contributed by atoms with Gasteiger partial charge in [-0.1, -0.05) is 18.2 Å². The van der Waals surface area contributed by atoms with E-state index in [1.807, 2.05) is 59.5 Å². The number of non-ortho nitro benzene ring substituents is 1. The highest BCUT2D eigenvalue weighted by Gasteiger charge is 2.22. The number of amides is 2. The number of hydrogen-bond donors (Lipinski definition) is 1. The first-order chi connectivity index (χ1) is 16.5. The maximum atomic E-state index is 12.6. The first-order valence-electron chi connectivity index (χ1n) is 10.9. The second kappa shape index (κ2) is 10.5. The lowest BCUT2D eigenvalue weighted by molar-refractivity contribution is -0.384. The van der Waals surface area contributed by atoms with Crippen LogP contribution in [0.2, 0.25) is 0 Å². The summed E-state index contributed by atoms with van der Waals surface area (Å²) in [4.78, 5) is 39.0. The lowest BCUT2D eigenvalue weighted by Crippen LogP contribution is -2.48. The molecule has 0 aromatic heterocycles. The molecule has 1 saturated heterocycles. The molecule has 0 radical (unpaired) electrons. The van der Waals surface area contributed by atoms with Gasteiger partial charge in [-0.25, -0.2) is 0 Å². The van der Waals surface area contributed by atoms with Crippen LogP contribution in [-0.4, -0.2) is 54.4 Å². The highest BCUT2D eigenvalue weighted by Crippen LogP contribution is 2.21. The lowest BCUT2D eigenvalue weighted by atomic mass is 10.1. The van der Waals surface area contributed by atoms with Gasteiger partial charge in [-0.15, -0.1) is 0 Å². The van der Waals surface area contributed by atoms with Crippen LogP contribution < -0.4 is 15.0 Å². The van der Waals surface area contributed by atoms with E-state index in [0.29, 0.717) is 30.1 Å². The number of piperazine rings is 1. The standard InChI is InChI=1S/C25H24N4O5/c30-24(18-34-23-12-10-22(11-13-23)29(32)33)26-20-6-8-21(9-7-20)27-14-16-28(17-15-27)25(31)19-4-2-1-3-5-19/h1-13H,14-18H2,(H,26,30). The quantitative estimate of drug-likeness (QED) is 0.427. The number of nitrogens with zero attached hydrogens (tertiary/aromatic N) is 3. The molecular weight excluding hydrogens is 436 g/mol. The number of nitro benzene ring substituents is 1. The SMILES string of the molecule is O=C(COc1ccc([N+](=O)[O-])cc1)Nc1ccc(N2CCN(C(=O)c3ccccc3)CC2)cc1. The summed E-state index contributed by atoms with van der Waals surface area (Å²) in [6.07, 6.45) is 0. The van der Waals surface area contributed by atoms with Crippen molar-refractivity contribution < 1.29 is 19.2 Å². The largest absolute Gasteiger partial charge is 0.484 e. The van der Waals surface area contributed by atoms with E-state index < -0.39 is 4.92 Å². The van der Waals surface area contributed by atoms with Crippen molar-refractivity contribution in [2.24, 2.45) is 0 Å². The Hall–Kier alpha value is -4.40. The second-order valence-electron chi connectivity index (χ2n) is 7.78. The molecule has 3 aromatic carbocycles. The third kappa shape index (κ3) is 5.69. The summed E-state index contributed by atoms with van der Waals surface area (Å²) in [6.45, 7) is 2.54. The summed E-state index contributed by atoms with van der Waals surface area (Å²) < 4.78 is 5.38. The average Bonchev–Trinajstić information content (AvgIpc) is 2.88. The Morgan fingerprint density at radius 1 is 0.882 bits per heavy atom. The van der Waals surface area contributed by atoms with Gasteiger partial charge in [0, 0.05) is 55.2 Å². The third-order valence-electron chi connectivity index (χ3n) is 5.52. The van der Waals surface area contributed by atoms with E-state index in [1.165, 1.54) is 24.3 Å². The minimum absolute atomic E-state index is 0.0406. The van der Waals surface area contributed by atoms with E-state index >= 15 is 0 Å². The maximum absolute atomic E-state index is 12.6. The summed E-state index contributed by atoms with van der Waals surface area (Å²) in [7, 11) is 0. The monoisotopic (exact) mass is 460 g/mol. The molecule has 0 spiro atoms. The fraction of sp³-hybridized carbons (Fsp3) is 0.200. The van der Waals surface area contributed by atoms with E-state index in [9.17, 15) is 19.7 Å². The van der Waals surface area contributed by atoms with E-state index in [-0.39, 0.29) is 24.1 Å². The molecule has 0 saturated carbocycles. The fourth-order valence-electron chi connectivity index (χ4n) is 3.70. The molecule has 1 fully saturated rings. The van der Waals surface area contributed by atoms with Gasteiger partial charge in [0.2, 0.25) is 0 Å². The lowest BCUT2D eigenvalue weighted by Gasteiger charge is -2.36. The van der Waals surface area contributed by atoms with E-state index in [1.54, 1.807) is 0 Å². The number of carbonyl (C=O) groups is 2. The summed E-state index contributed by atoms with van der Waals surface area (Å²) >= 11 is 0. The van der Waals surface area contributed by atoms with Gasteiger partial charge in [0.05, 0.1) is 4.92 Å². The summed E-state index contributed by atoms with van der Waals surface area (Å²) in [5, 5.41) is 13.5. The van der Waals surface area contributed by atoms with Crippen molar-refractivity contribution in [3.8, 4) is 5.75 Å². The molecule has 0 bridgehead atoms. The molecule has 0 aliphatic carbocycles. The number of anilines is 2. The van der Waals surface area contributed by atoms with Gasteiger partial charge in [-0.05, 0) is 48.5 Å². The normalized spacial score (nSPS) is 13.3. The Morgan fingerprint density at radius 2 is 1.53 bits per heavy atom. The minimum Gasteiger partial charge on any atom is -0.484 e. The average molecular weight is 460 g/mol. The fourth-order valence-corrected chi connectivity index (χ4v) is 3.70. The summed E-state index contributed by atoms with van der Waals surface area (Å²) in [6, 6.07) is 22.3. The molecule has 174 valence electrons. The van der Waals surface area contributed by atoms with Crippen LogP contribution in [0.15, 0.2) is 78.9 Å². The van der Waals surface area contributed by atoms with Crippen LogP contribution >= 0.6 is 0 Å². The van der Waals surface area contributed by atoms with Crippen LogP contribution in [0.25, 0.3) is 0 Å². The molecule has 2 amide bonds. The number of nitrogens with one attached hydrogen (secondary N) is 1. The predicted octanol–water partition coefficient (Wildman–Crippen LogP) is 3.57. The molecule has 9 nitrogen and oxygen atoms in total. The Bertz CT molecular complexity index is 1140.